The Bertz CT molecular complexity index is 1410. The number of fused-ring (bicyclic) bond motifs is 1. The molecule has 10 nitrogen and oxygen atoms in total. The van der Waals surface area contributed by atoms with Crippen molar-refractivity contribution in [2.24, 2.45) is 18.9 Å². The zero-order valence-electron chi connectivity index (χ0n) is 19.3. The highest BCUT2D eigenvalue weighted by Gasteiger charge is 2.46. The summed E-state index contributed by atoms with van der Waals surface area (Å²) in [6.45, 7) is 3.74. The van der Waals surface area contributed by atoms with E-state index in [-0.39, 0.29) is 17.7 Å². The summed E-state index contributed by atoms with van der Waals surface area (Å²) >= 11 is 0. The highest BCUT2D eigenvalue weighted by atomic mass is 19.1. The standard InChI is InChI=1S/C24H24FN7O3/c1-13-6-26-23(27-7-13)16-5-17(16)24(33)29-21-4-15-3-18(19(25)9-32(15)30-21)22-20(8-28-31(22)2)35-12-14-10-34-11-14/h3-4,6-9,14,16-17H,5,10-12H2,1-2H3,(H,29,30,33)/t16-,17+/m0/s1. The molecule has 0 bridgehead atoms. The van der Waals surface area contributed by atoms with Crippen LogP contribution in [0, 0.1) is 24.6 Å². The fourth-order valence-electron chi connectivity index (χ4n) is 4.26. The van der Waals surface area contributed by atoms with Gasteiger partial charge in [0.05, 0.1) is 37.7 Å². The molecule has 180 valence electrons. The van der Waals surface area contributed by atoms with Gasteiger partial charge < -0.3 is 14.8 Å². The number of amides is 1. The van der Waals surface area contributed by atoms with E-state index in [0.717, 1.165) is 5.56 Å². The van der Waals surface area contributed by atoms with Gasteiger partial charge in [-0.25, -0.2) is 18.9 Å². The van der Waals surface area contributed by atoms with Crippen molar-refractivity contribution in [3.63, 3.8) is 0 Å². The number of aromatic nitrogens is 6. The largest absolute Gasteiger partial charge is 0.489 e. The van der Waals surface area contributed by atoms with Crippen LogP contribution in [0.15, 0.2) is 36.9 Å². The van der Waals surface area contributed by atoms with E-state index >= 15 is 4.39 Å². The normalized spacial score (nSPS) is 19.5. The van der Waals surface area contributed by atoms with Gasteiger partial charge in [-0.3, -0.25) is 9.48 Å². The van der Waals surface area contributed by atoms with Gasteiger partial charge in [-0.05, 0) is 25.0 Å². The van der Waals surface area contributed by atoms with Crippen molar-refractivity contribution in [3.8, 4) is 17.0 Å². The molecule has 1 saturated heterocycles. The molecule has 35 heavy (non-hydrogen) atoms. The Morgan fingerprint density at radius 3 is 2.80 bits per heavy atom. The lowest BCUT2D eigenvalue weighted by Gasteiger charge is -2.25. The maximum Gasteiger partial charge on any atom is 0.229 e. The van der Waals surface area contributed by atoms with Crippen LogP contribution in [-0.4, -0.2) is 55.1 Å². The van der Waals surface area contributed by atoms with E-state index in [2.05, 4.69) is 25.5 Å². The van der Waals surface area contributed by atoms with Crippen LogP contribution in [0.4, 0.5) is 10.2 Å². The van der Waals surface area contributed by atoms with Crippen LogP contribution >= 0.6 is 0 Å². The Hall–Kier alpha value is -3.86. The summed E-state index contributed by atoms with van der Waals surface area (Å²) in [6, 6.07) is 3.39. The maximum atomic E-state index is 15.1. The molecule has 1 amide bonds. The summed E-state index contributed by atoms with van der Waals surface area (Å²) in [5.41, 5.74) is 2.49. The summed E-state index contributed by atoms with van der Waals surface area (Å²) in [5.74, 6) is 1.05. The Morgan fingerprint density at radius 2 is 2.06 bits per heavy atom. The van der Waals surface area contributed by atoms with Crippen LogP contribution in [0.2, 0.25) is 0 Å². The van der Waals surface area contributed by atoms with E-state index in [1.54, 1.807) is 42.5 Å². The Morgan fingerprint density at radius 1 is 1.26 bits per heavy atom. The van der Waals surface area contributed by atoms with Crippen LogP contribution in [0.1, 0.15) is 23.7 Å². The molecule has 4 aromatic heterocycles. The number of ether oxygens (including phenoxy) is 2. The number of hydrogen-bond donors (Lipinski definition) is 1. The zero-order chi connectivity index (χ0) is 24.1. The molecule has 1 saturated carbocycles. The number of aryl methyl sites for hydroxylation is 2. The van der Waals surface area contributed by atoms with Gasteiger partial charge in [0.15, 0.2) is 17.4 Å². The fraction of sp³-hybridized carbons (Fsp3) is 0.375. The average molecular weight is 478 g/mol. The molecule has 11 heteroatoms. The quantitative estimate of drug-likeness (QED) is 0.436. The first-order valence-electron chi connectivity index (χ1n) is 11.5. The molecular weight excluding hydrogens is 453 g/mol. The summed E-state index contributed by atoms with van der Waals surface area (Å²) in [4.78, 5) is 21.4. The Kier molecular flexibility index (Phi) is 5.21. The smallest absolute Gasteiger partial charge is 0.229 e. The van der Waals surface area contributed by atoms with Crippen LogP contribution in [0.5, 0.6) is 5.75 Å². The third-order valence-corrected chi connectivity index (χ3v) is 6.40. The van der Waals surface area contributed by atoms with Crippen LogP contribution in [0.25, 0.3) is 16.8 Å². The zero-order valence-corrected chi connectivity index (χ0v) is 19.3. The minimum Gasteiger partial charge on any atom is -0.489 e. The van der Waals surface area contributed by atoms with Crippen molar-refractivity contribution in [2.45, 2.75) is 19.3 Å². The number of hydrogen-bond acceptors (Lipinski definition) is 7. The number of nitrogens with one attached hydrogen (secondary N) is 1. The van der Waals surface area contributed by atoms with E-state index in [0.29, 0.717) is 66.3 Å². The number of halogens is 1. The van der Waals surface area contributed by atoms with E-state index in [4.69, 9.17) is 9.47 Å². The van der Waals surface area contributed by atoms with Gasteiger partial charge in [-0.15, -0.1) is 5.10 Å². The number of nitrogens with zero attached hydrogens (tertiary/aromatic N) is 6. The van der Waals surface area contributed by atoms with Crippen LogP contribution in [0.3, 0.4) is 0 Å². The number of carbonyl (C=O) groups is 1. The van der Waals surface area contributed by atoms with Crippen molar-refractivity contribution in [2.75, 3.05) is 25.1 Å². The van der Waals surface area contributed by atoms with Crippen molar-refractivity contribution >= 4 is 17.2 Å². The molecule has 0 unspecified atom stereocenters. The number of anilines is 1. The lowest BCUT2D eigenvalue weighted by atomic mass is 10.1. The van der Waals surface area contributed by atoms with Crippen molar-refractivity contribution in [3.05, 3.63) is 54.1 Å². The Balaban J connectivity index is 1.20. The minimum atomic E-state index is -0.474. The number of pyridine rings is 1. The fourth-order valence-corrected chi connectivity index (χ4v) is 4.26. The third kappa shape index (κ3) is 4.12. The van der Waals surface area contributed by atoms with Gasteiger partial charge in [0, 0.05) is 48.8 Å². The summed E-state index contributed by atoms with van der Waals surface area (Å²) < 4.78 is 29.2. The molecule has 2 atom stereocenters. The molecule has 0 radical (unpaired) electrons. The number of rotatable bonds is 7. The monoisotopic (exact) mass is 477 g/mol. The van der Waals surface area contributed by atoms with Gasteiger partial charge >= 0.3 is 0 Å². The van der Waals surface area contributed by atoms with Crippen molar-refractivity contribution < 1.29 is 18.7 Å². The maximum absolute atomic E-state index is 15.1. The van der Waals surface area contributed by atoms with Gasteiger partial charge in [-0.1, -0.05) is 0 Å². The molecule has 1 aliphatic carbocycles. The predicted octanol–water partition coefficient (Wildman–Crippen LogP) is 2.74. The second kappa shape index (κ2) is 8.42. The first kappa shape index (κ1) is 21.7. The molecule has 2 aliphatic rings. The lowest BCUT2D eigenvalue weighted by molar-refractivity contribution is -0.117. The molecule has 0 spiro atoms. The average Bonchev–Trinajstić information content (AvgIpc) is 3.39. The topological polar surface area (TPSA) is 108 Å². The summed E-state index contributed by atoms with van der Waals surface area (Å²) in [5, 5.41) is 11.4. The van der Waals surface area contributed by atoms with Gasteiger partial charge in [0.25, 0.3) is 0 Å². The Labute approximate surface area is 200 Å². The van der Waals surface area contributed by atoms with Gasteiger partial charge in [0.2, 0.25) is 5.91 Å². The minimum absolute atomic E-state index is 0.00596. The van der Waals surface area contributed by atoms with Crippen LogP contribution in [-0.2, 0) is 16.6 Å². The predicted molar refractivity (Wildman–Crippen MR) is 123 cm³/mol. The van der Waals surface area contributed by atoms with E-state index in [1.165, 1.54) is 10.7 Å². The molecule has 4 aromatic rings. The summed E-state index contributed by atoms with van der Waals surface area (Å²) in [7, 11) is 1.74. The lowest BCUT2D eigenvalue weighted by Crippen LogP contribution is -2.32. The van der Waals surface area contributed by atoms with Crippen molar-refractivity contribution in [1.82, 2.24) is 29.4 Å². The third-order valence-electron chi connectivity index (χ3n) is 6.40. The first-order chi connectivity index (χ1) is 17.0. The molecule has 6 rings (SSSR count). The van der Waals surface area contributed by atoms with E-state index < -0.39 is 5.82 Å². The molecular formula is C24H24FN7O3. The highest BCUT2D eigenvalue weighted by molar-refractivity contribution is 5.95. The molecule has 5 heterocycles. The molecule has 1 aliphatic heterocycles. The molecule has 2 fully saturated rings. The summed E-state index contributed by atoms with van der Waals surface area (Å²) in [6.07, 6.45) is 7.08. The van der Waals surface area contributed by atoms with Gasteiger partial charge in [-0.2, -0.15) is 5.10 Å². The molecule has 0 aromatic carbocycles. The van der Waals surface area contributed by atoms with E-state index in [9.17, 15) is 4.79 Å². The first-order valence-corrected chi connectivity index (χ1v) is 11.5. The second-order valence-electron chi connectivity index (χ2n) is 9.19. The van der Waals surface area contributed by atoms with E-state index in [1.807, 2.05) is 6.92 Å². The highest BCUT2D eigenvalue weighted by Crippen LogP contribution is 2.46. The van der Waals surface area contributed by atoms with Crippen LogP contribution < -0.4 is 10.1 Å². The molecule has 1 N–H and O–H groups in total. The van der Waals surface area contributed by atoms with Gasteiger partial charge in [0.1, 0.15) is 11.5 Å². The second-order valence-corrected chi connectivity index (χ2v) is 9.19. The van der Waals surface area contributed by atoms with Crippen molar-refractivity contribution in [1.29, 1.82) is 0 Å². The number of carbonyl (C=O) groups excluding carboxylic acids is 1. The SMILES string of the molecule is Cc1cnc([C@H]2C[C@H]2C(=O)Nc2cc3cc(-c4c(OCC5COC5)cnn4C)c(F)cn3n2)nc1.